The van der Waals surface area contributed by atoms with Gasteiger partial charge in [-0.3, -0.25) is 14.4 Å². The molecule has 39 heavy (non-hydrogen) atoms. The number of hydrazone groups is 1. The molecule has 0 radical (unpaired) electrons. The number of hydrogen-bond donors (Lipinski definition) is 3. The van der Waals surface area contributed by atoms with Crippen LogP contribution >= 0.6 is 0 Å². The maximum atomic E-state index is 12.5. The zero-order chi connectivity index (χ0) is 28.4. The first kappa shape index (κ1) is 28.7. The number of hydrogen-bond acceptors (Lipinski definition) is 7. The van der Waals surface area contributed by atoms with Crippen molar-refractivity contribution in [2.75, 3.05) is 31.0 Å². The van der Waals surface area contributed by atoms with Gasteiger partial charge in [0.25, 0.3) is 5.91 Å². The molecule has 0 unspecified atom stereocenters. The summed E-state index contributed by atoms with van der Waals surface area (Å²) in [6.45, 7) is 7.90. The van der Waals surface area contributed by atoms with E-state index in [4.69, 9.17) is 14.2 Å². The lowest BCUT2D eigenvalue weighted by Gasteiger charge is -2.14. The number of anilines is 2. The molecule has 204 valence electrons. The van der Waals surface area contributed by atoms with E-state index in [0.29, 0.717) is 35.1 Å². The number of carbonyl (C=O) groups excluding carboxylic acids is 3. The Morgan fingerprint density at radius 3 is 2.26 bits per heavy atom. The molecule has 0 bridgehead atoms. The number of methoxy groups -OCH3 is 1. The Balaban J connectivity index is 1.56. The van der Waals surface area contributed by atoms with Gasteiger partial charge in [0.1, 0.15) is 5.75 Å². The molecule has 3 rings (SSSR count). The summed E-state index contributed by atoms with van der Waals surface area (Å²) in [4.78, 5) is 36.9. The lowest BCUT2D eigenvalue weighted by atomic mass is 10.1. The minimum absolute atomic E-state index is 0.214. The van der Waals surface area contributed by atoms with Crippen molar-refractivity contribution in [1.82, 2.24) is 5.43 Å². The first-order valence-electron chi connectivity index (χ1n) is 12.3. The maximum absolute atomic E-state index is 12.5. The van der Waals surface area contributed by atoms with E-state index in [0.717, 1.165) is 22.4 Å². The van der Waals surface area contributed by atoms with E-state index in [1.54, 1.807) is 42.5 Å². The van der Waals surface area contributed by atoms with Gasteiger partial charge in [-0.2, -0.15) is 5.10 Å². The van der Waals surface area contributed by atoms with Crippen LogP contribution in [0.1, 0.15) is 29.2 Å². The van der Waals surface area contributed by atoms with Gasteiger partial charge in [-0.1, -0.05) is 29.8 Å². The van der Waals surface area contributed by atoms with Crippen molar-refractivity contribution in [2.45, 2.75) is 27.7 Å². The van der Waals surface area contributed by atoms with E-state index < -0.39 is 11.8 Å². The number of nitrogens with zero attached hydrogens (tertiary/aromatic N) is 1. The SMILES string of the molecule is CCOc1ccccc1NC(=O)C(=O)N/N=C\c1ccc(OCC(=O)Nc2c(C)cc(C)cc2C)c(OC)c1. The highest BCUT2D eigenvalue weighted by molar-refractivity contribution is 6.39. The van der Waals surface area contributed by atoms with Crippen LogP contribution in [0.15, 0.2) is 59.7 Å². The molecule has 10 nitrogen and oxygen atoms in total. The quantitative estimate of drug-likeness (QED) is 0.205. The second kappa shape index (κ2) is 13.6. The molecule has 0 heterocycles. The second-order valence-electron chi connectivity index (χ2n) is 8.60. The Kier molecular flexibility index (Phi) is 10.0. The summed E-state index contributed by atoms with van der Waals surface area (Å²) in [7, 11) is 1.47. The van der Waals surface area contributed by atoms with Crippen LogP contribution in [-0.2, 0) is 14.4 Å². The van der Waals surface area contributed by atoms with Crippen LogP contribution in [0, 0.1) is 20.8 Å². The minimum atomic E-state index is -0.950. The van der Waals surface area contributed by atoms with E-state index in [-0.39, 0.29) is 12.5 Å². The van der Waals surface area contributed by atoms with E-state index in [2.05, 4.69) is 21.2 Å². The lowest BCUT2D eigenvalue weighted by Crippen LogP contribution is -2.32. The van der Waals surface area contributed by atoms with Gasteiger partial charge in [0.2, 0.25) is 0 Å². The smallest absolute Gasteiger partial charge is 0.329 e. The van der Waals surface area contributed by atoms with Crippen LogP contribution in [0.2, 0.25) is 0 Å². The van der Waals surface area contributed by atoms with Gasteiger partial charge >= 0.3 is 11.8 Å². The van der Waals surface area contributed by atoms with Crippen molar-refractivity contribution >= 4 is 35.3 Å². The van der Waals surface area contributed by atoms with Crippen molar-refractivity contribution in [3.8, 4) is 17.2 Å². The second-order valence-corrected chi connectivity index (χ2v) is 8.60. The number of benzene rings is 3. The molecule has 3 aromatic carbocycles. The van der Waals surface area contributed by atoms with Gasteiger partial charge in [0.15, 0.2) is 18.1 Å². The number of carbonyl (C=O) groups is 3. The molecule has 0 fully saturated rings. The van der Waals surface area contributed by atoms with Crippen molar-refractivity contribution in [2.24, 2.45) is 5.10 Å². The van der Waals surface area contributed by atoms with E-state index >= 15 is 0 Å². The molecular weight excluding hydrogens is 500 g/mol. The molecule has 0 aliphatic carbocycles. The number of nitrogens with one attached hydrogen (secondary N) is 3. The number of rotatable bonds is 10. The van der Waals surface area contributed by atoms with Crippen molar-refractivity contribution in [3.63, 3.8) is 0 Å². The Hall–Kier alpha value is -4.86. The molecule has 0 aliphatic heterocycles. The highest BCUT2D eigenvalue weighted by atomic mass is 16.5. The average molecular weight is 533 g/mol. The Bertz CT molecular complexity index is 1360. The molecule has 0 aliphatic rings. The third kappa shape index (κ3) is 8.06. The van der Waals surface area contributed by atoms with E-state index in [1.807, 2.05) is 39.8 Å². The lowest BCUT2D eigenvalue weighted by molar-refractivity contribution is -0.136. The highest BCUT2D eigenvalue weighted by Gasteiger charge is 2.15. The van der Waals surface area contributed by atoms with E-state index in [9.17, 15) is 14.4 Å². The maximum Gasteiger partial charge on any atom is 0.329 e. The molecule has 0 spiro atoms. The number of ether oxygens (including phenoxy) is 3. The van der Waals surface area contributed by atoms with Crippen molar-refractivity contribution in [3.05, 3.63) is 76.9 Å². The first-order chi connectivity index (χ1) is 18.7. The largest absolute Gasteiger partial charge is 0.493 e. The zero-order valence-corrected chi connectivity index (χ0v) is 22.6. The third-order valence-corrected chi connectivity index (χ3v) is 5.51. The third-order valence-electron chi connectivity index (χ3n) is 5.51. The van der Waals surface area contributed by atoms with Crippen LogP contribution in [0.3, 0.4) is 0 Å². The Morgan fingerprint density at radius 1 is 0.846 bits per heavy atom. The zero-order valence-electron chi connectivity index (χ0n) is 22.6. The van der Waals surface area contributed by atoms with Crippen molar-refractivity contribution in [1.29, 1.82) is 0 Å². The van der Waals surface area contributed by atoms with Crippen molar-refractivity contribution < 1.29 is 28.6 Å². The van der Waals surface area contributed by atoms with Gasteiger partial charge in [-0.15, -0.1) is 0 Å². The fraction of sp³-hybridized carbons (Fsp3) is 0.241. The molecule has 3 amide bonds. The highest BCUT2D eigenvalue weighted by Crippen LogP contribution is 2.28. The molecule has 0 atom stereocenters. The summed E-state index contributed by atoms with van der Waals surface area (Å²) in [6, 6.07) is 15.7. The van der Waals surface area contributed by atoms with Gasteiger partial charge in [0, 0.05) is 5.69 Å². The summed E-state index contributed by atoms with van der Waals surface area (Å²) in [5, 5.41) is 9.22. The van der Waals surface area contributed by atoms with Crippen LogP contribution in [0.5, 0.6) is 17.2 Å². The van der Waals surface area contributed by atoms with Gasteiger partial charge in [0.05, 0.1) is 25.6 Å². The van der Waals surface area contributed by atoms with Crippen LogP contribution < -0.4 is 30.3 Å². The predicted molar refractivity (Wildman–Crippen MR) is 150 cm³/mol. The molecule has 3 aromatic rings. The van der Waals surface area contributed by atoms with Crippen LogP contribution in [0.4, 0.5) is 11.4 Å². The summed E-state index contributed by atoms with van der Waals surface area (Å²) >= 11 is 0. The predicted octanol–water partition coefficient (Wildman–Crippen LogP) is 4.13. The molecular formula is C29H32N4O6. The van der Waals surface area contributed by atoms with Gasteiger partial charge in [-0.25, -0.2) is 5.43 Å². The number of para-hydroxylation sites is 2. The van der Waals surface area contributed by atoms with Crippen LogP contribution in [-0.4, -0.2) is 44.3 Å². The fourth-order valence-corrected chi connectivity index (χ4v) is 3.83. The summed E-state index contributed by atoms with van der Waals surface area (Å²) in [5.74, 6) is -0.964. The van der Waals surface area contributed by atoms with Crippen LogP contribution in [0.25, 0.3) is 0 Å². The monoisotopic (exact) mass is 532 g/mol. The summed E-state index contributed by atoms with van der Waals surface area (Å²) in [5.41, 5.74) is 6.96. The normalized spacial score (nSPS) is 10.6. The van der Waals surface area contributed by atoms with Gasteiger partial charge < -0.3 is 24.8 Å². The summed E-state index contributed by atoms with van der Waals surface area (Å²) < 4.78 is 16.5. The summed E-state index contributed by atoms with van der Waals surface area (Å²) in [6.07, 6.45) is 1.35. The molecule has 0 aromatic heterocycles. The average Bonchev–Trinajstić information content (AvgIpc) is 2.91. The fourth-order valence-electron chi connectivity index (χ4n) is 3.83. The molecule has 10 heteroatoms. The van der Waals surface area contributed by atoms with Gasteiger partial charge in [-0.05, 0) is 74.7 Å². The Morgan fingerprint density at radius 2 is 1.56 bits per heavy atom. The first-order valence-corrected chi connectivity index (χ1v) is 12.3. The topological polar surface area (TPSA) is 127 Å². The number of aryl methyl sites for hydroxylation is 3. The standard InChI is InChI=1S/C29H32N4O6/c1-6-38-23-10-8-7-9-22(23)31-28(35)29(36)33-30-16-21-11-12-24(25(15-21)37-5)39-17-26(34)32-27-19(3)13-18(2)14-20(27)4/h7-16H,6,17H2,1-5H3,(H,31,35)(H,32,34)(H,33,36)/b30-16-. The molecule has 3 N–H and O–H groups in total. The number of amides is 3. The molecule has 0 saturated carbocycles. The Labute approximate surface area is 227 Å². The van der Waals surface area contributed by atoms with E-state index in [1.165, 1.54) is 13.3 Å². The minimum Gasteiger partial charge on any atom is -0.493 e. The molecule has 0 saturated heterocycles.